The molecule has 1 heterocycles. The Hall–Kier alpha value is -1.18. The Labute approximate surface area is 117 Å². The van der Waals surface area contributed by atoms with E-state index in [1.807, 2.05) is 50.2 Å². The average Bonchev–Trinajstić information content (AvgIpc) is 2.43. The van der Waals surface area contributed by atoms with Crippen molar-refractivity contribution in [1.29, 1.82) is 0 Å². The Bertz CT molecular complexity index is 711. The second-order valence-corrected chi connectivity index (χ2v) is 8.89. The summed E-state index contributed by atoms with van der Waals surface area (Å²) >= 11 is 1.67. The largest absolute Gasteiger partial charge is 0.398 e. The molecular weight excluding hydrogens is 273 g/mol. The van der Waals surface area contributed by atoms with Crippen LogP contribution in [0.3, 0.4) is 0 Å². The van der Waals surface area contributed by atoms with Gasteiger partial charge in [0.1, 0.15) is 7.14 Å². The lowest BCUT2D eigenvalue weighted by Crippen LogP contribution is -2.27. The molecule has 0 aliphatic carbocycles. The molecule has 2 N–H and O–H groups in total. The first-order valence-electron chi connectivity index (χ1n) is 6.34. The average molecular weight is 289 g/mol. The first kappa shape index (κ1) is 12.8. The van der Waals surface area contributed by atoms with Crippen LogP contribution in [0.15, 0.2) is 46.2 Å². The number of fused-ring (bicyclic) bond motifs is 2. The van der Waals surface area contributed by atoms with E-state index >= 15 is 0 Å². The van der Waals surface area contributed by atoms with E-state index in [-0.39, 0.29) is 0 Å². The highest BCUT2D eigenvalue weighted by Crippen LogP contribution is 2.54. The Balaban J connectivity index is 2.38. The molecule has 0 radical (unpaired) electrons. The number of hydrogen-bond donors (Lipinski definition) is 1. The molecule has 0 bridgehead atoms. The number of aryl methyl sites for hydroxylation is 1. The van der Waals surface area contributed by atoms with E-state index < -0.39 is 7.14 Å². The predicted octanol–water partition coefficient (Wildman–Crippen LogP) is 3.38. The van der Waals surface area contributed by atoms with Crippen molar-refractivity contribution in [2.24, 2.45) is 0 Å². The first-order valence-corrected chi connectivity index (χ1v) is 9.05. The van der Waals surface area contributed by atoms with Gasteiger partial charge in [-0.25, -0.2) is 0 Å². The molecule has 19 heavy (non-hydrogen) atoms. The molecule has 2 aromatic carbocycles. The summed E-state index contributed by atoms with van der Waals surface area (Å²) in [5.41, 5.74) is 7.93. The highest BCUT2D eigenvalue weighted by Gasteiger charge is 2.36. The Kier molecular flexibility index (Phi) is 2.99. The van der Waals surface area contributed by atoms with Gasteiger partial charge in [-0.3, -0.25) is 0 Å². The standard InChI is InChI=1S/C15H16NOPS/c1-3-18(17)11-6-4-5-7-12(11)19-13-9-8-10(2)14(16)15(13)18/h4-9H,3,16H2,1-2H3. The monoisotopic (exact) mass is 289 g/mol. The summed E-state index contributed by atoms with van der Waals surface area (Å²) < 4.78 is 13.5. The van der Waals surface area contributed by atoms with E-state index in [0.29, 0.717) is 11.8 Å². The van der Waals surface area contributed by atoms with Gasteiger partial charge >= 0.3 is 0 Å². The fourth-order valence-electron chi connectivity index (χ4n) is 2.55. The van der Waals surface area contributed by atoms with Crippen molar-refractivity contribution >= 4 is 35.2 Å². The molecule has 1 aliphatic rings. The summed E-state index contributed by atoms with van der Waals surface area (Å²) in [7, 11) is -2.58. The third-order valence-corrected chi connectivity index (χ3v) is 8.38. The first-order chi connectivity index (χ1) is 9.08. The van der Waals surface area contributed by atoms with E-state index in [1.54, 1.807) is 11.8 Å². The second kappa shape index (κ2) is 4.43. The Morgan fingerprint density at radius 3 is 2.63 bits per heavy atom. The normalized spacial score (nSPS) is 20.7. The van der Waals surface area contributed by atoms with Crippen LogP contribution < -0.4 is 16.3 Å². The fraction of sp³-hybridized carbons (Fsp3) is 0.200. The number of nitrogen functional groups attached to an aromatic ring is 1. The Morgan fingerprint density at radius 1 is 1.16 bits per heavy atom. The number of benzene rings is 2. The summed E-state index contributed by atoms with van der Waals surface area (Å²) in [6, 6.07) is 12.0. The van der Waals surface area contributed by atoms with Gasteiger partial charge in [-0.15, -0.1) is 0 Å². The number of anilines is 1. The van der Waals surface area contributed by atoms with Crippen LogP contribution in [0.5, 0.6) is 0 Å². The maximum Gasteiger partial charge on any atom is 0.147 e. The smallest absolute Gasteiger partial charge is 0.147 e. The number of nitrogens with two attached hydrogens (primary N) is 1. The summed E-state index contributed by atoms with van der Waals surface area (Å²) in [4.78, 5) is 2.15. The molecule has 2 aromatic rings. The predicted molar refractivity (Wildman–Crippen MR) is 83.6 cm³/mol. The zero-order valence-electron chi connectivity index (χ0n) is 11.0. The van der Waals surface area contributed by atoms with Crippen LogP contribution in [0.2, 0.25) is 0 Å². The zero-order valence-corrected chi connectivity index (χ0v) is 12.7. The SMILES string of the molecule is CCP1(=O)c2ccccc2Sc2ccc(C)c(N)c21. The molecule has 2 nitrogen and oxygen atoms in total. The van der Waals surface area contributed by atoms with Gasteiger partial charge in [0.2, 0.25) is 0 Å². The highest BCUT2D eigenvalue weighted by atomic mass is 32.2. The second-order valence-electron chi connectivity index (χ2n) is 4.77. The van der Waals surface area contributed by atoms with Gasteiger partial charge in [0.25, 0.3) is 0 Å². The maximum atomic E-state index is 13.5. The van der Waals surface area contributed by atoms with Crippen molar-refractivity contribution in [1.82, 2.24) is 0 Å². The van der Waals surface area contributed by atoms with Gasteiger partial charge in [0, 0.05) is 26.9 Å². The van der Waals surface area contributed by atoms with Gasteiger partial charge in [-0.2, -0.15) is 0 Å². The summed E-state index contributed by atoms with van der Waals surface area (Å²) in [5.74, 6) is 0. The third-order valence-electron chi connectivity index (χ3n) is 3.68. The molecule has 1 aliphatic heterocycles. The van der Waals surface area contributed by atoms with Gasteiger partial charge < -0.3 is 10.3 Å². The van der Waals surface area contributed by atoms with E-state index in [2.05, 4.69) is 0 Å². The lowest BCUT2D eigenvalue weighted by atomic mass is 10.2. The van der Waals surface area contributed by atoms with E-state index in [0.717, 1.165) is 26.0 Å². The molecule has 1 atom stereocenters. The topological polar surface area (TPSA) is 43.1 Å². The minimum absolute atomic E-state index is 0.616. The summed E-state index contributed by atoms with van der Waals surface area (Å²) in [5, 5.41) is 1.84. The van der Waals surface area contributed by atoms with Gasteiger partial charge in [0.05, 0.1) is 5.30 Å². The molecule has 3 rings (SSSR count). The third kappa shape index (κ3) is 1.76. The molecule has 1 unspecified atom stereocenters. The van der Waals surface area contributed by atoms with E-state index in [1.165, 1.54) is 0 Å². The molecule has 0 spiro atoms. The molecule has 0 saturated heterocycles. The molecule has 0 aromatic heterocycles. The van der Waals surface area contributed by atoms with E-state index in [9.17, 15) is 4.57 Å². The van der Waals surface area contributed by atoms with Crippen molar-refractivity contribution < 1.29 is 4.57 Å². The quantitative estimate of drug-likeness (QED) is 0.646. The van der Waals surface area contributed by atoms with Crippen LogP contribution in [-0.2, 0) is 4.57 Å². The number of hydrogen-bond acceptors (Lipinski definition) is 3. The molecule has 4 heteroatoms. The van der Waals surface area contributed by atoms with Crippen LogP contribution >= 0.6 is 18.9 Å². The van der Waals surface area contributed by atoms with Crippen LogP contribution in [-0.4, -0.2) is 6.16 Å². The van der Waals surface area contributed by atoms with Crippen molar-refractivity contribution in [3.05, 3.63) is 42.0 Å². The zero-order chi connectivity index (χ0) is 13.6. The lowest BCUT2D eigenvalue weighted by molar-refractivity contribution is 0.587. The number of rotatable bonds is 1. The van der Waals surface area contributed by atoms with Crippen LogP contribution in [0.4, 0.5) is 5.69 Å². The minimum atomic E-state index is -2.58. The maximum absolute atomic E-state index is 13.5. The molecule has 98 valence electrons. The van der Waals surface area contributed by atoms with Crippen molar-refractivity contribution in [3.63, 3.8) is 0 Å². The van der Waals surface area contributed by atoms with Crippen molar-refractivity contribution in [2.75, 3.05) is 11.9 Å². The van der Waals surface area contributed by atoms with Crippen molar-refractivity contribution in [3.8, 4) is 0 Å². The van der Waals surface area contributed by atoms with Crippen molar-refractivity contribution in [2.45, 2.75) is 23.6 Å². The highest BCUT2D eigenvalue weighted by molar-refractivity contribution is 8.02. The van der Waals surface area contributed by atoms with Crippen LogP contribution in [0.1, 0.15) is 12.5 Å². The fourth-order valence-corrected chi connectivity index (χ4v) is 7.26. The molecule has 0 amide bonds. The molecular formula is C15H16NOPS. The molecule has 0 saturated carbocycles. The minimum Gasteiger partial charge on any atom is -0.398 e. The Morgan fingerprint density at radius 2 is 1.89 bits per heavy atom. The van der Waals surface area contributed by atoms with E-state index in [4.69, 9.17) is 5.73 Å². The lowest BCUT2D eigenvalue weighted by Gasteiger charge is -2.29. The van der Waals surface area contributed by atoms with Gasteiger partial charge in [-0.1, -0.05) is 43.0 Å². The van der Waals surface area contributed by atoms with Gasteiger partial charge in [-0.05, 0) is 24.6 Å². The van der Waals surface area contributed by atoms with Crippen LogP contribution in [0.25, 0.3) is 0 Å². The van der Waals surface area contributed by atoms with Crippen LogP contribution in [0, 0.1) is 6.92 Å². The van der Waals surface area contributed by atoms with Gasteiger partial charge in [0.15, 0.2) is 0 Å². The summed E-state index contributed by atoms with van der Waals surface area (Å²) in [6.07, 6.45) is 0.616. The summed E-state index contributed by atoms with van der Waals surface area (Å²) in [6.45, 7) is 3.96. The molecule has 0 fully saturated rings.